The van der Waals surface area contributed by atoms with Gasteiger partial charge in [0, 0.05) is 18.6 Å². The van der Waals surface area contributed by atoms with Gasteiger partial charge in [0.05, 0.1) is 17.7 Å². The smallest absolute Gasteiger partial charge is 0.264 e. The predicted octanol–water partition coefficient (Wildman–Crippen LogP) is 4.71. The Morgan fingerprint density at radius 2 is 1.64 bits per heavy atom. The van der Waals surface area contributed by atoms with Crippen molar-refractivity contribution >= 4 is 39.1 Å². The van der Waals surface area contributed by atoms with Gasteiger partial charge in [0.15, 0.2) is 0 Å². The van der Waals surface area contributed by atoms with E-state index >= 15 is 0 Å². The van der Waals surface area contributed by atoms with Crippen LogP contribution in [0, 0.1) is 13.8 Å². The maximum absolute atomic E-state index is 13.9. The molecule has 0 unspecified atom stereocenters. The molecular weight excluding hydrogens is 538 g/mol. The van der Waals surface area contributed by atoms with Crippen molar-refractivity contribution in [2.75, 3.05) is 25.0 Å². The molecule has 208 valence electrons. The lowest BCUT2D eigenvalue weighted by atomic mass is 10.1. The molecule has 2 amide bonds. The predicted molar refractivity (Wildman–Crippen MR) is 154 cm³/mol. The molecule has 39 heavy (non-hydrogen) atoms. The van der Waals surface area contributed by atoms with Crippen molar-refractivity contribution in [3.8, 4) is 5.75 Å². The van der Waals surface area contributed by atoms with E-state index in [1.807, 2.05) is 13.8 Å². The number of anilines is 1. The molecular formula is C29H34ClN3O5S. The van der Waals surface area contributed by atoms with Crippen molar-refractivity contribution < 1.29 is 22.7 Å². The number of methoxy groups -OCH3 is 1. The van der Waals surface area contributed by atoms with Crippen LogP contribution in [0.4, 0.5) is 5.69 Å². The summed E-state index contributed by atoms with van der Waals surface area (Å²) in [6.07, 6.45) is 0.336. The standard InChI is InChI=1S/C29H34ClN3O5S/c1-6-27(29(35)31-4)32(18-22-10-13-24(38-5)14-11-22)28(34)19-33(23-12-9-21(3)26(30)17-23)39(36,37)25-15-7-20(2)8-16-25/h7-17,27H,6,18-19H2,1-5H3,(H,31,35)/t27-/m1/s1. The fraction of sp³-hybridized carbons (Fsp3) is 0.310. The van der Waals surface area contributed by atoms with Crippen LogP contribution in [0.2, 0.25) is 5.02 Å². The number of carbonyl (C=O) groups is 2. The molecule has 1 atom stereocenters. The fourth-order valence-electron chi connectivity index (χ4n) is 4.12. The van der Waals surface area contributed by atoms with Crippen molar-refractivity contribution in [2.45, 2.75) is 44.7 Å². The summed E-state index contributed by atoms with van der Waals surface area (Å²) >= 11 is 6.36. The van der Waals surface area contributed by atoms with E-state index in [0.717, 1.165) is 21.0 Å². The van der Waals surface area contributed by atoms with Crippen LogP contribution in [-0.2, 0) is 26.2 Å². The third kappa shape index (κ3) is 7.10. The Hall–Kier alpha value is -3.56. The van der Waals surface area contributed by atoms with E-state index in [-0.39, 0.29) is 23.0 Å². The Kier molecular flexibility index (Phi) is 9.99. The number of rotatable bonds is 11. The summed E-state index contributed by atoms with van der Waals surface area (Å²) < 4.78 is 34.0. The zero-order valence-electron chi connectivity index (χ0n) is 22.8. The highest BCUT2D eigenvalue weighted by Crippen LogP contribution is 2.29. The molecule has 3 rings (SSSR count). The second-order valence-corrected chi connectivity index (χ2v) is 11.4. The first-order valence-electron chi connectivity index (χ1n) is 12.5. The third-order valence-electron chi connectivity index (χ3n) is 6.48. The Morgan fingerprint density at radius 3 is 2.18 bits per heavy atom. The van der Waals surface area contributed by atoms with Crippen LogP contribution < -0.4 is 14.4 Å². The minimum atomic E-state index is -4.16. The van der Waals surface area contributed by atoms with Gasteiger partial charge in [-0.2, -0.15) is 0 Å². The highest BCUT2D eigenvalue weighted by Gasteiger charge is 2.33. The highest BCUT2D eigenvalue weighted by atomic mass is 35.5. The molecule has 0 fully saturated rings. The van der Waals surface area contributed by atoms with Gasteiger partial charge in [0.25, 0.3) is 10.0 Å². The van der Waals surface area contributed by atoms with E-state index in [2.05, 4.69) is 5.32 Å². The monoisotopic (exact) mass is 571 g/mol. The number of carbonyl (C=O) groups excluding carboxylic acids is 2. The number of nitrogens with one attached hydrogen (secondary N) is 1. The lowest BCUT2D eigenvalue weighted by molar-refractivity contribution is -0.140. The summed E-state index contributed by atoms with van der Waals surface area (Å²) in [7, 11) is -1.10. The van der Waals surface area contributed by atoms with E-state index in [1.54, 1.807) is 62.6 Å². The Bertz CT molecular complexity index is 1410. The van der Waals surface area contributed by atoms with Crippen LogP contribution in [0.15, 0.2) is 71.6 Å². The number of amides is 2. The minimum Gasteiger partial charge on any atom is -0.497 e. The molecule has 0 aliphatic rings. The third-order valence-corrected chi connectivity index (χ3v) is 8.67. The summed E-state index contributed by atoms with van der Waals surface area (Å²) in [4.78, 5) is 28.2. The molecule has 0 saturated carbocycles. The largest absolute Gasteiger partial charge is 0.497 e. The maximum atomic E-state index is 13.9. The summed E-state index contributed by atoms with van der Waals surface area (Å²) in [5.74, 6) is -0.221. The molecule has 0 aromatic heterocycles. The van der Waals surface area contributed by atoms with Crippen LogP contribution in [0.5, 0.6) is 5.75 Å². The average molecular weight is 572 g/mol. The molecule has 0 heterocycles. The molecule has 10 heteroatoms. The summed E-state index contributed by atoms with van der Waals surface area (Å²) in [6.45, 7) is 5.04. The van der Waals surface area contributed by atoms with Crippen molar-refractivity contribution in [1.29, 1.82) is 0 Å². The highest BCUT2D eigenvalue weighted by molar-refractivity contribution is 7.92. The molecule has 0 spiro atoms. The first-order chi connectivity index (χ1) is 18.5. The molecule has 1 N–H and O–H groups in total. The van der Waals surface area contributed by atoms with Crippen LogP contribution in [0.25, 0.3) is 0 Å². The Morgan fingerprint density at radius 1 is 1.00 bits per heavy atom. The molecule has 0 aliphatic heterocycles. The lowest BCUT2D eigenvalue weighted by Gasteiger charge is -2.33. The number of ether oxygens (including phenoxy) is 1. The number of hydrogen-bond donors (Lipinski definition) is 1. The topological polar surface area (TPSA) is 96.0 Å². The van der Waals surface area contributed by atoms with E-state index in [0.29, 0.717) is 17.2 Å². The average Bonchev–Trinajstić information content (AvgIpc) is 2.93. The molecule has 0 radical (unpaired) electrons. The first kappa shape index (κ1) is 30.0. The van der Waals surface area contributed by atoms with Crippen molar-refractivity contribution in [2.24, 2.45) is 0 Å². The van der Waals surface area contributed by atoms with Gasteiger partial charge in [-0.25, -0.2) is 8.42 Å². The Labute approximate surface area is 235 Å². The number of nitrogens with zero attached hydrogens (tertiary/aromatic N) is 2. The van der Waals surface area contributed by atoms with Crippen molar-refractivity contribution in [3.63, 3.8) is 0 Å². The van der Waals surface area contributed by atoms with Gasteiger partial charge in [-0.1, -0.05) is 54.4 Å². The second-order valence-electron chi connectivity index (χ2n) is 9.17. The number of aryl methyl sites for hydroxylation is 2. The van der Waals surface area contributed by atoms with Crippen LogP contribution in [-0.4, -0.2) is 51.9 Å². The molecule has 3 aromatic carbocycles. The van der Waals surface area contributed by atoms with Gasteiger partial charge < -0.3 is 15.0 Å². The van der Waals surface area contributed by atoms with Gasteiger partial charge in [-0.15, -0.1) is 0 Å². The minimum absolute atomic E-state index is 0.0395. The molecule has 0 saturated heterocycles. The van der Waals surface area contributed by atoms with E-state index in [9.17, 15) is 18.0 Å². The molecule has 3 aromatic rings. The molecule has 0 bridgehead atoms. The number of likely N-dealkylation sites (N-methyl/N-ethyl adjacent to an activating group) is 1. The summed E-state index contributed by atoms with van der Waals surface area (Å²) in [5.41, 5.74) is 2.68. The van der Waals surface area contributed by atoms with Crippen molar-refractivity contribution in [1.82, 2.24) is 10.2 Å². The lowest BCUT2D eigenvalue weighted by Crippen LogP contribution is -2.51. The Balaban J connectivity index is 2.07. The van der Waals surface area contributed by atoms with Gasteiger partial charge in [-0.3, -0.25) is 13.9 Å². The van der Waals surface area contributed by atoms with Gasteiger partial charge >= 0.3 is 0 Å². The fourth-order valence-corrected chi connectivity index (χ4v) is 5.70. The van der Waals surface area contributed by atoms with Gasteiger partial charge in [0.2, 0.25) is 11.8 Å². The molecule has 0 aliphatic carbocycles. The second kappa shape index (κ2) is 13.0. The number of hydrogen-bond acceptors (Lipinski definition) is 5. The normalized spacial score (nSPS) is 11.9. The maximum Gasteiger partial charge on any atom is 0.264 e. The quantitative estimate of drug-likeness (QED) is 0.359. The number of sulfonamides is 1. The van der Waals surface area contributed by atoms with E-state index in [1.165, 1.54) is 30.1 Å². The zero-order chi connectivity index (χ0) is 28.7. The van der Waals surface area contributed by atoms with E-state index < -0.39 is 28.5 Å². The van der Waals surface area contributed by atoms with Crippen LogP contribution in [0.3, 0.4) is 0 Å². The first-order valence-corrected chi connectivity index (χ1v) is 14.3. The molecule has 8 nitrogen and oxygen atoms in total. The number of benzene rings is 3. The zero-order valence-corrected chi connectivity index (χ0v) is 24.3. The van der Waals surface area contributed by atoms with Gasteiger partial charge in [0.1, 0.15) is 18.3 Å². The number of halogens is 1. The summed E-state index contributed by atoms with van der Waals surface area (Å²) in [6, 6.07) is 17.6. The van der Waals surface area contributed by atoms with E-state index in [4.69, 9.17) is 16.3 Å². The summed E-state index contributed by atoms with van der Waals surface area (Å²) in [5, 5.41) is 2.98. The van der Waals surface area contributed by atoms with Crippen molar-refractivity contribution in [3.05, 3.63) is 88.4 Å². The van der Waals surface area contributed by atoms with Crippen LogP contribution in [0.1, 0.15) is 30.0 Å². The van der Waals surface area contributed by atoms with Gasteiger partial charge in [-0.05, 0) is 67.8 Å². The SMILES string of the molecule is CC[C@H](C(=O)NC)N(Cc1ccc(OC)cc1)C(=O)CN(c1ccc(C)c(Cl)c1)S(=O)(=O)c1ccc(C)cc1. The van der Waals surface area contributed by atoms with Crippen LogP contribution >= 0.6 is 11.6 Å².